The molecule has 0 atom stereocenters. The fourth-order valence-electron chi connectivity index (χ4n) is 1.53. The topological polar surface area (TPSA) is 54.5 Å². The molecular formula is C10H6ClNO3. The molecule has 1 amide bonds. The van der Waals surface area contributed by atoms with E-state index in [4.69, 9.17) is 11.6 Å². The summed E-state index contributed by atoms with van der Waals surface area (Å²) in [4.78, 5) is 34.4. The highest BCUT2D eigenvalue weighted by atomic mass is 35.5. The first kappa shape index (κ1) is 9.86. The number of hydrogen-bond donors (Lipinski definition) is 0. The van der Waals surface area contributed by atoms with Gasteiger partial charge in [0.1, 0.15) is 6.29 Å². The number of hydrogen-bond acceptors (Lipinski definition) is 3. The number of carbonyl (C=O) groups excluding carboxylic acids is 3. The van der Waals surface area contributed by atoms with Gasteiger partial charge in [0.05, 0.1) is 17.8 Å². The average Bonchev–Trinajstić information content (AvgIpc) is 2.44. The van der Waals surface area contributed by atoms with Gasteiger partial charge < -0.3 is 4.79 Å². The van der Waals surface area contributed by atoms with E-state index in [2.05, 4.69) is 0 Å². The van der Waals surface area contributed by atoms with Crippen molar-refractivity contribution in [3.63, 3.8) is 0 Å². The molecule has 15 heavy (non-hydrogen) atoms. The van der Waals surface area contributed by atoms with Crippen molar-refractivity contribution in [2.24, 2.45) is 0 Å². The van der Waals surface area contributed by atoms with Crippen LogP contribution in [0, 0.1) is 0 Å². The highest BCUT2D eigenvalue weighted by Crippen LogP contribution is 2.30. The Kier molecular flexibility index (Phi) is 2.28. The fourth-order valence-corrected chi connectivity index (χ4v) is 1.70. The van der Waals surface area contributed by atoms with Crippen LogP contribution in [0.2, 0.25) is 5.02 Å². The maximum Gasteiger partial charge on any atom is 0.299 e. The zero-order valence-electron chi connectivity index (χ0n) is 7.57. The second kappa shape index (κ2) is 3.47. The van der Waals surface area contributed by atoms with Crippen molar-refractivity contribution >= 4 is 35.3 Å². The summed E-state index contributed by atoms with van der Waals surface area (Å²) in [5.74, 6) is -1.30. The van der Waals surface area contributed by atoms with Crippen LogP contribution >= 0.6 is 11.6 Å². The maximum atomic E-state index is 11.5. The molecule has 0 radical (unpaired) electrons. The average molecular weight is 224 g/mol. The quantitative estimate of drug-likeness (QED) is 0.557. The molecular weight excluding hydrogens is 218 g/mol. The minimum atomic E-state index is -0.681. The van der Waals surface area contributed by atoms with Gasteiger partial charge in [-0.1, -0.05) is 11.6 Å². The highest BCUT2D eigenvalue weighted by molar-refractivity contribution is 6.52. The lowest BCUT2D eigenvalue weighted by Gasteiger charge is -2.11. The number of amides is 1. The number of carbonyl (C=O) groups is 3. The first-order chi connectivity index (χ1) is 7.15. The lowest BCUT2D eigenvalue weighted by Crippen LogP contribution is -2.31. The molecule has 76 valence electrons. The first-order valence-corrected chi connectivity index (χ1v) is 4.62. The zero-order valence-corrected chi connectivity index (χ0v) is 8.32. The SMILES string of the molecule is O=CCN1C(=O)C(=O)c2cc(Cl)ccc21. The van der Waals surface area contributed by atoms with Crippen LogP contribution in [0.1, 0.15) is 10.4 Å². The molecule has 2 rings (SSSR count). The Bertz CT molecular complexity index is 470. The van der Waals surface area contributed by atoms with Crippen LogP contribution in [0.5, 0.6) is 0 Å². The molecule has 0 aromatic heterocycles. The lowest BCUT2D eigenvalue weighted by molar-refractivity contribution is -0.115. The molecule has 0 unspecified atom stereocenters. The van der Waals surface area contributed by atoms with Crippen LogP contribution in [0.3, 0.4) is 0 Å². The summed E-state index contributed by atoms with van der Waals surface area (Å²) < 4.78 is 0. The van der Waals surface area contributed by atoms with Crippen LogP contribution in [-0.2, 0) is 9.59 Å². The Morgan fingerprint density at radius 1 is 1.33 bits per heavy atom. The third-order valence-electron chi connectivity index (χ3n) is 2.19. The second-order valence-corrected chi connectivity index (χ2v) is 3.51. The molecule has 0 N–H and O–H groups in total. The monoisotopic (exact) mass is 223 g/mol. The molecule has 5 heteroatoms. The van der Waals surface area contributed by atoms with Crippen LogP contribution < -0.4 is 4.90 Å². The van der Waals surface area contributed by atoms with Gasteiger partial charge in [-0.05, 0) is 18.2 Å². The Labute approximate surface area is 90.4 Å². The van der Waals surface area contributed by atoms with E-state index in [0.717, 1.165) is 4.90 Å². The van der Waals surface area contributed by atoms with E-state index in [1.54, 1.807) is 12.1 Å². The van der Waals surface area contributed by atoms with Crippen molar-refractivity contribution in [2.45, 2.75) is 0 Å². The van der Waals surface area contributed by atoms with Gasteiger partial charge in [0.15, 0.2) is 0 Å². The number of benzene rings is 1. The molecule has 0 bridgehead atoms. The minimum absolute atomic E-state index is 0.112. The molecule has 1 aromatic rings. The van der Waals surface area contributed by atoms with E-state index >= 15 is 0 Å². The van der Waals surface area contributed by atoms with Crippen molar-refractivity contribution in [2.75, 3.05) is 11.4 Å². The summed E-state index contributed by atoms with van der Waals surface area (Å²) in [5.41, 5.74) is 0.704. The van der Waals surface area contributed by atoms with Crippen LogP contribution in [-0.4, -0.2) is 24.5 Å². The number of aldehydes is 1. The molecule has 0 spiro atoms. The number of nitrogens with zero attached hydrogens (tertiary/aromatic N) is 1. The van der Waals surface area contributed by atoms with E-state index < -0.39 is 11.7 Å². The number of ketones is 1. The van der Waals surface area contributed by atoms with E-state index in [1.807, 2.05) is 0 Å². The number of rotatable bonds is 2. The van der Waals surface area contributed by atoms with Gasteiger partial charge >= 0.3 is 0 Å². The number of Topliss-reactive ketones (excluding diaryl/α,β-unsaturated/α-hetero) is 1. The van der Waals surface area contributed by atoms with Crippen LogP contribution in [0.15, 0.2) is 18.2 Å². The molecule has 1 aliphatic heterocycles. The van der Waals surface area contributed by atoms with Crippen LogP contribution in [0.25, 0.3) is 0 Å². The fraction of sp³-hybridized carbons (Fsp3) is 0.100. The smallest absolute Gasteiger partial charge is 0.299 e. The van der Waals surface area contributed by atoms with Gasteiger partial charge in [0.25, 0.3) is 11.7 Å². The van der Waals surface area contributed by atoms with Gasteiger partial charge in [-0.2, -0.15) is 0 Å². The third kappa shape index (κ3) is 1.43. The summed E-state index contributed by atoms with van der Waals surface area (Å²) in [6.07, 6.45) is 0.578. The molecule has 0 aliphatic carbocycles. The number of halogens is 1. The summed E-state index contributed by atoms with van der Waals surface area (Å²) in [6, 6.07) is 4.57. The van der Waals surface area contributed by atoms with Gasteiger partial charge in [-0.15, -0.1) is 0 Å². The molecule has 1 aliphatic rings. The highest BCUT2D eigenvalue weighted by Gasteiger charge is 2.35. The Balaban J connectivity index is 2.55. The summed E-state index contributed by atoms with van der Waals surface area (Å²) in [6.45, 7) is -0.112. The van der Waals surface area contributed by atoms with E-state index in [9.17, 15) is 14.4 Å². The van der Waals surface area contributed by atoms with Crippen molar-refractivity contribution in [3.05, 3.63) is 28.8 Å². The van der Waals surface area contributed by atoms with Crippen molar-refractivity contribution < 1.29 is 14.4 Å². The largest absolute Gasteiger partial charge is 0.301 e. The summed E-state index contributed by atoms with van der Waals surface area (Å²) in [5, 5.41) is 0.392. The maximum absolute atomic E-state index is 11.5. The zero-order chi connectivity index (χ0) is 11.0. The van der Waals surface area contributed by atoms with E-state index in [0.29, 0.717) is 17.0 Å². The summed E-state index contributed by atoms with van der Waals surface area (Å²) >= 11 is 5.71. The third-order valence-corrected chi connectivity index (χ3v) is 2.43. The number of fused-ring (bicyclic) bond motifs is 1. The molecule has 0 saturated heterocycles. The standard InChI is InChI=1S/C10H6ClNO3/c11-6-1-2-8-7(5-6)9(14)10(15)12(8)3-4-13/h1-2,4-5H,3H2. The van der Waals surface area contributed by atoms with Crippen molar-refractivity contribution in [3.8, 4) is 0 Å². The van der Waals surface area contributed by atoms with Gasteiger partial charge in [0, 0.05) is 5.02 Å². The van der Waals surface area contributed by atoms with Gasteiger partial charge in [0.2, 0.25) is 0 Å². The molecule has 1 aromatic carbocycles. The normalized spacial score (nSPS) is 14.3. The second-order valence-electron chi connectivity index (χ2n) is 3.07. The lowest BCUT2D eigenvalue weighted by atomic mass is 10.1. The molecule has 0 saturated carbocycles. The minimum Gasteiger partial charge on any atom is -0.301 e. The van der Waals surface area contributed by atoms with Crippen molar-refractivity contribution in [1.29, 1.82) is 0 Å². The molecule has 1 heterocycles. The predicted octanol–water partition coefficient (Wildman–Crippen LogP) is 1.07. The first-order valence-electron chi connectivity index (χ1n) is 4.24. The molecule has 0 fully saturated rings. The van der Waals surface area contributed by atoms with Crippen LogP contribution in [0.4, 0.5) is 5.69 Å². The number of anilines is 1. The van der Waals surface area contributed by atoms with E-state index in [1.165, 1.54) is 6.07 Å². The van der Waals surface area contributed by atoms with E-state index in [-0.39, 0.29) is 12.1 Å². The Hall–Kier alpha value is -1.68. The summed E-state index contributed by atoms with van der Waals surface area (Å²) in [7, 11) is 0. The Morgan fingerprint density at radius 2 is 2.07 bits per heavy atom. The molecule has 4 nitrogen and oxygen atoms in total. The Morgan fingerprint density at radius 3 is 2.73 bits per heavy atom. The van der Waals surface area contributed by atoms with Gasteiger partial charge in [-0.25, -0.2) is 0 Å². The van der Waals surface area contributed by atoms with Gasteiger partial charge in [-0.3, -0.25) is 14.5 Å². The van der Waals surface area contributed by atoms with Crippen molar-refractivity contribution in [1.82, 2.24) is 0 Å². The predicted molar refractivity (Wildman–Crippen MR) is 54.2 cm³/mol.